The van der Waals surface area contributed by atoms with Crippen molar-refractivity contribution in [3.8, 4) is 0 Å². The van der Waals surface area contributed by atoms with Gasteiger partial charge in [-0.2, -0.15) is 0 Å². The Balaban J connectivity index is 1.63. The Hall–Kier alpha value is -3.32. The Morgan fingerprint density at radius 1 is 1.35 bits per heavy atom. The first-order valence-corrected chi connectivity index (χ1v) is 11.3. The molecule has 0 radical (unpaired) electrons. The van der Waals surface area contributed by atoms with Crippen molar-refractivity contribution in [2.45, 2.75) is 23.1 Å². The van der Waals surface area contributed by atoms with Gasteiger partial charge >= 0.3 is 12.1 Å². The third-order valence-corrected chi connectivity index (χ3v) is 8.56. The maximum Gasteiger partial charge on any atom is 0.413 e. The molecule has 2 aromatic heterocycles. The normalized spacial score (nSPS) is 27.5. The zero-order chi connectivity index (χ0) is 22.4. The average molecular weight is 464 g/mol. The average Bonchev–Trinajstić information content (AvgIpc) is 3.28. The van der Waals surface area contributed by atoms with Crippen LogP contribution in [0.4, 0.5) is 9.93 Å². The number of aliphatic carboxylic acids is 1. The van der Waals surface area contributed by atoms with Gasteiger partial charge in [-0.3, -0.25) is 15.1 Å². The molecular weight excluding hydrogens is 448 g/mol. The summed E-state index contributed by atoms with van der Waals surface area (Å²) in [4.78, 5) is 45.3. The van der Waals surface area contributed by atoms with Gasteiger partial charge in [-0.15, -0.1) is 11.3 Å². The molecule has 2 aromatic rings. The third-order valence-electron chi connectivity index (χ3n) is 5.16. The molecule has 11 nitrogen and oxygen atoms in total. The van der Waals surface area contributed by atoms with Gasteiger partial charge < -0.3 is 14.7 Å². The molecule has 2 unspecified atom stereocenters. The lowest BCUT2D eigenvalue weighted by Gasteiger charge is -2.37. The first-order valence-electron chi connectivity index (χ1n) is 8.91. The topological polar surface area (TPSA) is 156 Å². The van der Waals surface area contributed by atoms with E-state index in [0.717, 1.165) is 23.2 Å². The minimum Gasteiger partial charge on any atom is -0.480 e. The fourth-order valence-electron chi connectivity index (χ4n) is 3.63. The Morgan fingerprint density at radius 3 is 2.74 bits per heavy atom. The number of amides is 2. The number of sulfone groups is 1. The van der Waals surface area contributed by atoms with Crippen LogP contribution in [0.3, 0.4) is 0 Å². The van der Waals surface area contributed by atoms with Gasteiger partial charge in [0.15, 0.2) is 26.4 Å². The number of β-lactam (4-membered cyclic amide) rings is 1. The van der Waals surface area contributed by atoms with Gasteiger partial charge in [0.2, 0.25) is 0 Å². The Labute approximate surface area is 180 Å². The molecule has 2 fully saturated rings. The summed E-state index contributed by atoms with van der Waals surface area (Å²) in [5, 5.41) is 12.4. The first-order chi connectivity index (χ1) is 14.7. The number of nitrogens with zero attached hydrogens (tertiary/aromatic N) is 3. The molecule has 0 aliphatic carbocycles. The second-order valence-electron chi connectivity index (χ2n) is 7.06. The van der Waals surface area contributed by atoms with Gasteiger partial charge in [0.05, 0.1) is 11.3 Å². The highest BCUT2D eigenvalue weighted by Gasteiger charge is 2.72. The standard InChI is InChI=1S/C18H16N4O7S2/c1-18(9-29-17(26)21-16-20-6-7-30-16)12(15(24)25)22-13(23)11(14(22)31(18,27)28)8-10-4-2-3-5-19-10/h2-8,12,14H,9H2,1H3,(H,24,25)(H,20,21,26)/b11-8-/t12-,14?,18?/m0/s1. The summed E-state index contributed by atoms with van der Waals surface area (Å²) in [6, 6.07) is 3.20. The lowest BCUT2D eigenvalue weighted by molar-refractivity contribution is -0.153. The van der Waals surface area contributed by atoms with Crippen molar-refractivity contribution in [2.24, 2.45) is 0 Å². The number of carboxylic acid groups (broad SMARTS) is 1. The molecule has 0 saturated carbocycles. The zero-order valence-electron chi connectivity index (χ0n) is 16.0. The summed E-state index contributed by atoms with van der Waals surface area (Å²) in [6.07, 6.45) is 3.27. The summed E-state index contributed by atoms with van der Waals surface area (Å²) < 4.78 is 29.6. The molecule has 4 heterocycles. The van der Waals surface area contributed by atoms with Crippen LogP contribution < -0.4 is 5.32 Å². The van der Waals surface area contributed by atoms with E-state index in [-0.39, 0.29) is 10.7 Å². The number of rotatable bonds is 5. The molecule has 0 aromatic carbocycles. The van der Waals surface area contributed by atoms with Crippen molar-refractivity contribution in [1.29, 1.82) is 0 Å². The van der Waals surface area contributed by atoms with Crippen molar-refractivity contribution in [3.05, 3.63) is 47.2 Å². The van der Waals surface area contributed by atoms with Crippen LogP contribution in [0.5, 0.6) is 0 Å². The smallest absolute Gasteiger partial charge is 0.413 e. The lowest BCUT2D eigenvalue weighted by atomic mass is 9.94. The highest BCUT2D eigenvalue weighted by molar-refractivity contribution is 7.94. The molecule has 0 bridgehead atoms. The van der Waals surface area contributed by atoms with Gasteiger partial charge in [0.25, 0.3) is 5.91 Å². The summed E-state index contributed by atoms with van der Waals surface area (Å²) in [5.41, 5.74) is 0.279. The summed E-state index contributed by atoms with van der Waals surface area (Å²) in [5.74, 6) is -2.23. The molecule has 2 amide bonds. The van der Waals surface area contributed by atoms with E-state index in [0.29, 0.717) is 5.69 Å². The number of hydrogen-bond acceptors (Lipinski definition) is 9. The Morgan fingerprint density at radius 2 is 2.13 bits per heavy atom. The van der Waals surface area contributed by atoms with Gasteiger partial charge in [-0.05, 0) is 25.1 Å². The van der Waals surface area contributed by atoms with Crippen molar-refractivity contribution in [1.82, 2.24) is 14.9 Å². The monoisotopic (exact) mass is 464 g/mol. The van der Waals surface area contributed by atoms with Crippen LogP contribution in [0.25, 0.3) is 6.08 Å². The predicted molar refractivity (Wildman–Crippen MR) is 109 cm³/mol. The fraction of sp³-hybridized carbons (Fsp3) is 0.278. The number of nitrogens with one attached hydrogen (secondary N) is 1. The van der Waals surface area contributed by atoms with E-state index in [1.807, 2.05) is 0 Å². The highest BCUT2D eigenvalue weighted by Crippen LogP contribution is 2.49. The van der Waals surface area contributed by atoms with Crippen molar-refractivity contribution >= 4 is 50.4 Å². The summed E-state index contributed by atoms with van der Waals surface area (Å²) in [6.45, 7) is 0.391. The highest BCUT2D eigenvalue weighted by atomic mass is 32.2. The number of carbonyl (C=O) groups is 3. The summed E-state index contributed by atoms with van der Waals surface area (Å²) in [7, 11) is -4.27. The molecule has 2 saturated heterocycles. The van der Waals surface area contributed by atoms with Crippen LogP contribution >= 0.6 is 11.3 Å². The molecular formula is C18H16N4O7S2. The fourth-order valence-corrected chi connectivity index (χ4v) is 6.42. The largest absolute Gasteiger partial charge is 0.480 e. The van der Waals surface area contributed by atoms with E-state index >= 15 is 0 Å². The van der Waals surface area contributed by atoms with E-state index in [2.05, 4.69) is 15.3 Å². The molecule has 2 aliphatic rings. The zero-order valence-corrected chi connectivity index (χ0v) is 17.6. The SMILES string of the molecule is CC1(COC(=O)Nc2nccs2)[C@H](C(=O)O)N2C(=O)/C(=C/c3ccccn3)C2S1(=O)=O. The molecule has 4 rings (SSSR count). The van der Waals surface area contributed by atoms with Crippen molar-refractivity contribution in [2.75, 3.05) is 11.9 Å². The molecule has 31 heavy (non-hydrogen) atoms. The number of aromatic nitrogens is 2. The third kappa shape index (κ3) is 3.25. The minimum absolute atomic E-state index is 0.0825. The Bertz CT molecular complexity index is 1180. The van der Waals surface area contributed by atoms with E-state index in [9.17, 15) is 27.9 Å². The van der Waals surface area contributed by atoms with Crippen LogP contribution in [0, 0.1) is 0 Å². The lowest BCUT2D eigenvalue weighted by Crippen LogP contribution is -2.59. The maximum absolute atomic E-state index is 13.3. The quantitative estimate of drug-likeness (QED) is 0.486. The van der Waals surface area contributed by atoms with E-state index < -0.39 is 50.6 Å². The number of ether oxygens (including phenoxy) is 1. The molecule has 2 aliphatic heterocycles. The van der Waals surface area contributed by atoms with Gasteiger partial charge in [0, 0.05) is 17.8 Å². The molecule has 3 atom stereocenters. The van der Waals surface area contributed by atoms with Gasteiger partial charge in [-0.25, -0.2) is 23.0 Å². The molecule has 0 spiro atoms. The number of anilines is 1. The van der Waals surface area contributed by atoms with E-state index in [4.69, 9.17) is 4.74 Å². The van der Waals surface area contributed by atoms with Gasteiger partial charge in [0.1, 0.15) is 11.4 Å². The van der Waals surface area contributed by atoms with E-state index in [1.54, 1.807) is 23.6 Å². The number of thiazole rings is 1. The number of hydrogen-bond donors (Lipinski definition) is 2. The molecule has 13 heteroatoms. The van der Waals surface area contributed by atoms with Crippen LogP contribution in [-0.4, -0.2) is 69.1 Å². The molecule has 162 valence electrons. The Kier molecular flexibility index (Phi) is 5.01. The molecule has 2 N–H and O–H groups in total. The van der Waals surface area contributed by atoms with Crippen LogP contribution in [0.1, 0.15) is 12.6 Å². The maximum atomic E-state index is 13.3. The van der Waals surface area contributed by atoms with Crippen molar-refractivity contribution in [3.63, 3.8) is 0 Å². The van der Waals surface area contributed by atoms with Crippen LogP contribution in [0.2, 0.25) is 0 Å². The number of fused-ring (bicyclic) bond motifs is 1. The van der Waals surface area contributed by atoms with Crippen LogP contribution in [0.15, 0.2) is 41.5 Å². The number of carboxylic acids is 1. The second-order valence-corrected chi connectivity index (χ2v) is 10.4. The number of carbonyl (C=O) groups excluding carboxylic acids is 2. The summed E-state index contributed by atoms with van der Waals surface area (Å²) >= 11 is 1.12. The van der Waals surface area contributed by atoms with Gasteiger partial charge in [-0.1, -0.05) is 6.07 Å². The predicted octanol–water partition coefficient (Wildman–Crippen LogP) is 0.979. The first kappa shape index (κ1) is 20.9. The van der Waals surface area contributed by atoms with Crippen LogP contribution in [-0.2, 0) is 24.2 Å². The minimum atomic E-state index is -4.27. The van der Waals surface area contributed by atoms with E-state index in [1.165, 1.54) is 18.5 Å². The van der Waals surface area contributed by atoms with Crippen molar-refractivity contribution < 1.29 is 32.6 Å². The second kappa shape index (κ2) is 7.42. The number of pyridine rings is 1.